The fourth-order valence-electron chi connectivity index (χ4n) is 3.22. The van der Waals surface area contributed by atoms with Crippen LogP contribution in [0.2, 0.25) is 0 Å². The Hall–Kier alpha value is -2.23. The van der Waals surface area contributed by atoms with Gasteiger partial charge in [-0.2, -0.15) is 4.31 Å². The molecule has 1 fully saturated rings. The summed E-state index contributed by atoms with van der Waals surface area (Å²) in [6.45, 7) is 0.954. The van der Waals surface area contributed by atoms with E-state index < -0.39 is 19.9 Å². The van der Waals surface area contributed by atoms with Crippen molar-refractivity contribution in [3.05, 3.63) is 66.2 Å². The van der Waals surface area contributed by atoms with Gasteiger partial charge >= 0.3 is 0 Å². The fraction of sp³-hybridized carbons (Fsp3) is 0.350. The van der Waals surface area contributed by atoms with Gasteiger partial charge in [-0.05, 0) is 17.7 Å². The van der Waals surface area contributed by atoms with E-state index in [1.54, 1.807) is 42.5 Å². The molecule has 0 atom stereocenters. The SMILES string of the molecule is O=C(CCS(=O)(=O)c1ccccc1)N1CCN(S(=O)(=O)Cc2ccccc2)CC1. The van der Waals surface area contributed by atoms with E-state index in [1.807, 2.05) is 6.07 Å². The van der Waals surface area contributed by atoms with Crippen LogP contribution in [-0.2, 0) is 30.4 Å². The quantitative estimate of drug-likeness (QED) is 0.656. The van der Waals surface area contributed by atoms with Gasteiger partial charge in [-0.25, -0.2) is 16.8 Å². The fourth-order valence-corrected chi connectivity index (χ4v) is 5.98. The maximum atomic E-state index is 12.6. The summed E-state index contributed by atoms with van der Waals surface area (Å²) in [5.74, 6) is -0.607. The predicted octanol–water partition coefficient (Wildman–Crippen LogP) is 1.52. The molecule has 1 saturated heterocycles. The molecule has 1 aliphatic rings. The number of nitrogens with zero attached hydrogens (tertiary/aromatic N) is 2. The van der Waals surface area contributed by atoms with Crippen LogP contribution >= 0.6 is 0 Å². The molecule has 29 heavy (non-hydrogen) atoms. The van der Waals surface area contributed by atoms with Crippen molar-refractivity contribution in [1.29, 1.82) is 0 Å². The number of piperazine rings is 1. The van der Waals surface area contributed by atoms with Gasteiger partial charge in [-0.1, -0.05) is 48.5 Å². The molecular formula is C20H24N2O5S2. The second kappa shape index (κ2) is 9.06. The zero-order valence-electron chi connectivity index (χ0n) is 16.0. The van der Waals surface area contributed by atoms with Gasteiger partial charge in [-0.3, -0.25) is 4.79 Å². The van der Waals surface area contributed by atoms with Crippen LogP contribution in [0.3, 0.4) is 0 Å². The highest BCUT2D eigenvalue weighted by atomic mass is 32.2. The van der Waals surface area contributed by atoms with E-state index in [0.29, 0.717) is 0 Å². The molecule has 3 rings (SSSR count). The van der Waals surface area contributed by atoms with Gasteiger partial charge in [0.15, 0.2) is 9.84 Å². The zero-order valence-corrected chi connectivity index (χ0v) is 17.6. The number of hydrogen-bond acceptors (Lipinski definition) is 5. The molecular weight excluding hydrogens is 412 g/mol. The summed E-state index contributed by atoms with van der Waals surface area (Å²) in [6.07, 6.45) is -0.117. The van der Waals surface area contributed by atoms with Gasteiger partial charge in [0.2, 0.25) is 15.9 Å². The molecule has 0 aliphatic carbocycles. The molecule has 9 heteroatoms. The summed E-state index contributed by atoms with van der Waals surface area (Å²) in [5, 5.41) is 0. The molecule has 1 amide bonds. The summed E-state index contributed by atoms with van der Waals surface area (Å²) in [4.78, 5) is 14.2. The standard InChI is InChI=1S/C20H24N2O5S2/c23-20(11-16-28(24,25)19-9-5-2-6-10-19)21-12-14-22(15-13-21)29(26,27)17-18-7-3-1-4-8-18/h1-10H,11-17H2. The summed E-state index contributed by atoms with van der Waals surface area (Å²) >= 11 is 0. The van der Waals surface area contributed by atoms with Crippen LogP contribution in [0.25, 0.3) is 0 Å². The Bertz CT molecular complexity index is 1030. The number of carbonyl (C=O) groups is 1. The molecule has 0 saturated carbocycles. The molecule has 0 aromatic heterocycles. The zero-order chi connectivity index (χ0) is 20.9. The molecule has 0 N–H and O–H groups in total. The van der Waals surface area contributed by atoms with E-state index in [0.717, 1.165) is 5.56 Å². The molecule has 0 bridgehead atoms. The van der Waals surface area contributed by atoms with Crippen molar-refractivity contribution in [2.75, 3.05) is 31.9 Å². The van der Waals surface area contributed by atoms with E-state index in [4.69, 9.17) is 0 Å². The molecule has 2 aromatic rings. The molecule has 156 valence electrons. The summed E-state index contributed by atoms with van der Waals surface area (Å²) < 4.78 is 51.2. The van der Waals surface area contributed by atoms with Crippen molar-refractivity contribution >= 4 is 25.8 Å². The normalized spacial score (nSPS) is 15.9. The monoisotopic (exact) mass is 436 g/mol. The van der Waals surface area contributed by atoms with Crippen molar-refractivity contribution < 1.29 is 21.6 Å². The topological polar surface area (TPSA) is 91.8 Å². The van der Waals surface area contributed by atoms with Gasteiger partial charge in [0, 0.05) is 32.6 Å². The first-order chi connectivity index (χ1) is 13.8. The van der Waals surface area contributed by atoms with Crippen molar-refractivity contribution in [1.82, 2.24) is 9.21 Å². The highest BCUT2D eigenvalue weighted by Gasteiger charge is 2.29. The van der Waals surface area contributed by atoms with Crippen molar-refractivity contribution in [3.8, 4) is 0 Å². The van der Waals surface area contributed by atoms with Crippen LogP contribution in [0.15, 0.2) is 65.6 Å². The number of sulfone groups is 1. The van der Waals surface area contributed by atoms with E-state index in [2.05, 4.69) is 0 Å². The lowest BCUT2D eigenvalue weighted by molar-refractivity contribution is -0.131. The molecule has 0 unspecified atom stereocenters. The van der Waals surface area contributed by atoms with Gasteiger partial charge in [0.05, 0.1) is 16.4 Å². The molecule has 2 aromatic carbocycles. The Morgan fingerprint density at radius 3 is 1.93 bits per heavy atom. The van der Waals surface area contributed by atoms with Gasteiger partial charge in [0.25, 0.3) is 0 Å². The minimum atomic E-state index is -3.52. The number of carbonyl (C=O) groups excluding carboxylic acids is 1. The average Bonchev–Trinajstić information content (AvgIpc) is 2.73. The van der Waals surface area contributed by atoms with Crippen molar-refractivity contribution in [3.63, 3.8) is 0 Å². The van der Waals surface area contributed by atoms with E-state index in [1.165, 1.54) is 21.3 Å². The van der Waals surface area contributed by atoms with Gasteiger partial charge < -0.3 is 4.90 Å². The predicted molar refractivity (Wildman–Crippen MR) is 110 cm³/mol. The maximum absolute atomic E-state index is 12.6. The number of amides is 1. The largest absolute Gasteiger partial charge is 0.340 e. The Morgan fingerprint density at radius 1 is 0.793 bits per heavy atom. The van der Waals surface area contributed by atoms with Gasteiger partial charge in [-0.15, -0.1) is 0 Å². The van der Waals surface area contributed by atoms with Crippen molar-refractivity contribution in [2.24, 2.45) is 0 Å². The minimum Gasteiger partial charge on any atom is -0.340 e. The van der Waals surface area contributed by atoms with Gasteiger partial charge in [0.1, 0.15) is 0 Å². The van der Waals surface area contributed by atoms with Crippen LogP contribution in [0, 0.1) is 0 Å². The first-order valence-electron chi connectivity index (χ1n) is 9.35. The first kappa shape index (κ1) is 21.5. The highest BCUT2D eigenvalue weighted by molar-refractivity contribution is 7.91. The van der Waals surface area contributed by atoms with Crippen molar-refractivity contribution in [2.45, 2.75) is 17.1 Å². The average molecular weight is 437 g/mol. The summed E-state index contributed by atoms with van der Waals surface area (Å²) in [5.41, 5.74) is 0.720. The highest BCUT2D eigenvalue weighted by Crippen LogP contribution is 2.15. The Kier molecular flexibility index (Phi) is 6.71. The van der Waals surface area contributed by atoms with Crippen LogP contribution in [-0.4, -0.2) is 63.9 Å². The lowest BCUT2D eigenvalue weighted by Gasteiger charge is -2.34. The van der Waals surface area contributed by atoms with E-state index >= 15 is 0 Å². The number of sulfonamides is 1. The lowest BCUT2D eigenvalue weighted by atomic mass is 10.2. The third-order valence-corrected chi connectivity index (χ3v) is 8.45. The lowest BCUT2D eigenvalue weighted by Crippen LogP contribution is -2.51. The summed E-state index contributed by atoms with van der Waals surface area (Å²) in [7, 11) is -6.97. The van der Waals surface area contributed by atoms with Crippen LogP contribution in [0.4, 0.5) is 0 Å². The third kappa shape index (κ3) is 5.65. The van der Waals surface area contributed by atoms with E-state index in [-0.39, 0.29) is 54.9 Å². The Balaban J connectivity index is 1.52. The third-order valence-electron chi connectivity index (χ3n) is 4.86. The Morgan fingerprint density at radius 2 is 1.34 bits per heavy atom. The first-order valence-corrected chi connectivity index (χ1v) is 12.6. The summed E-state index contributed by atoms with van der Waals surface area (Å²) in [6, 6.07) is 17.0. The molecule has 0 radical (unpaired) electrons. The van der Waals surface area contributed by atoms with E-state index in [9.17, 15) is 21.6 Å². The molecule has 7 nitrogen and oxygen atoms in total. The second-order valence-corrected chi connectivity index (χ2v) is 11.0. The second-order valence-electron chi connectivity index (χ2n) is 6.90. The number of hydrogen-bond donors (Lipinski definition) is 0. The van der Waals surface area contributed by atoms with Crippen LogP contribution in [0.5, 0.6) is 0 Å². The van der Waals surface area contributed by atoms with Crippen LogP contribution in [0.1, 0.15) is 12.0 Å². The maximum Gasteiger partial charge on any atom is 0.223 e. The molecule has 1 heterocycles. The smallest absolute Gasteiger partial charge is 0.223 e. The number of rotatable bonds is 7. The molecule has 1 aliphatic heterocycles. The Labute approximate surface area is 171 Å². The van der Waals surface area contributed by atoms with Crippen LogP contribution < -0.4 is 0 Å². The molecule has 0 spiro atoms. The number of benzene rings is 2. The minimum absolute atomic E-state index is 0.0723.